The molecule has 1 aromatic heterocycles. The minimum atomic E-state index is 0. The second kappa shape index (κ2) is 7.94. The van der Waals surface area contributed by atoms with Crippen LogP contribution in [-0.2, 0) is 6.54 Å². The maximum absolute atomic E-state index is 5.73. The van der Waals surface area contributed by atoms with Gasteiger partial charge in [0, 0.05) is 12.1 Å². The lowest BCUT2D eigenvalue weighted by Gasteiger charge is -2.11. The fourth-order valence-electron chi connectivity index (χ4n) is 1.56. The van der Waals surface area contributed by atoms with E-state index in [0.29, 0.717) is 12.4 Å². The van der Waals surface area contributed by atoms with E-state index in [1.54, 1.807) is 0 Å². The monoisotopic (exact) mass is 301 g/mol. The van der Waals surface area contributed by atoms with Crippen molar-refractivity contribution in [3.8, 4) is 11.6 Å². The van der Waals surface area contributed by atoms with Crippen LogP contribution in [0.1, 0.15) is 16.8 Å². The Labute approximate surface area is 125 Å². The van der Waals surface area contributed by atoms with Gasteiger partial charge in [-0.3, -0.25) is 0 Å². The molecule has 19 heavy (non-hydrogen) atoms. The van der Waals surface area contributed by atoms with Gasteiger partial charge in [0.15, 0.2) is 0 Å². The number of nitrogens with zero attached hydrogens (tertiary/aromatic N) is 2. The van der Waals surface area contributed by atoms with Gasteiger partial charge in [0.05, 0.1) is 5.69 Å². The van der Waals surface area contributed by atoms with Crippen LogP contribution in [-0.4, -0.2) is 10.2 Å². The van der Waals surface area contributed by atoms with Crippen molar-refractivity contribution in [2.24, 2.45) is 5.73 Å². The van der Waals surface area contributed by atoms with Crippen LogP contribution in [0.25, 0.3) is 0 Å². The number of ether oxygens (including phenoxy) is 1. The highest BCUT2D eigenvalue weighted by Gasteiger charge is 2.11. The van der Waals surface area contributed by atoms with Crippen LogP contribution in [0.15, 0.2) is 30.3 Å². The maximum Gasteiger partial charge on any atom is 0.243 e. The third kappa shape index (κ3) is 4.06. The Bertz CT molecular complexity index is 521. The van der Waals surface area contributed by atoms with Crippen molar-refractivity contribution in [1.29, 1.82) is 0 Å². The first-order chi connectivity index (χ1) is 8.22. The van der Waals surface area contributed by atoms with E-state index in [1.165, 1.54) is 0 Å². The Kier molecular flexibility index (Phi) is 7.37. The third-order valence-corrected chi connectivity index (χ3v) is 2.71. The summed E-state index contributed by atoms with van der Waals surface area (Å²) in [7, 11) is 0. The highest BCUT2D eigenvalue weighted by atomic mass is 35.5. The average molecular weight is 302 g/mol. The van der Waals surface area contributed by atoms with Crippen molar-refractivity contribution >= 4 is 24.8 Å². The zero-order chi connectivity index (χ0) is 12.3. The highest BCUT2D eigenvalue weighted by molar-refractivity contribution is 5.85. The van der Waals surface area contributed by atoms with Gasteiger partial charge in [-0.05, 0) is 31.5 Å². The van der Waals surface area contributed by atoms with Gasteiger partial charge >= 0.3 is 0 Å². The van der Waals surface area contributed by atoms with Crippen molar-refractivity contribution in [3.05, 3.63) is 47.2 Å². The van der Waals surface area contributed by atoms with Crippen molar-refractivity contribution in [1.82, 2.24) is 10.2 Å². The Hall–Kier alpha value is -1.36. The zero-order valence-electron chi connectivity index (χ0n) is 10.8. The average Bonchev–Trinajstić information content (AvgIpc) is 2.36. The standard InChI is InChI=1S/C13H15N3O.2ClH/c1-9-10(2)15-16-13(12(9)8-14)17-11-6-4-3-5-7-11;;/h3-7H,8,14H2,1-2H3;2*1H. The quantitative estimate of drug-likeness (QED) is 0.946. The number of nitrogens with two attached hydrogens (primary N) is 1. The molecule has 0 radical (unpaired) electrons. The van der Waals surface area contributed by atoms with E-state index in [9.17, 15) is 0 Å². The van der Waals surface area contributed by atoms with Gasteiger partial charge in [-0.25, -0.2) is 0 Å². The van der Waals surface area contributed by atoms with Crippen LogP contribution in [0, 0.1) is 13.8 Å². The lowest BCUT2D eigenvalue weighted by atomic mass is 10.1. The fraction of sp³-hybridized carbons (Fsp3) is 0.231. The Balaban J connectivity index is 0.00000162. The summed E-state index contributed by atoms with van der Waals surface area (Å²) < 4.78 is 5.68. The van der Waals surface area contributed by atoms with Gasteiger partial charge in [-0.1, -0.05) is 18.2 Å². The number of aromatic nitrogens is 2. The van der Waals surface area contributed by atoms with E-state index in [2.05, 4.69) is 10.2 Å². The van der Waals surface area contributed by atoms with Crippen LogP contribution in [0.5, 0.6) is 11.6 Å². The number of halogens is 2. The summed E-state index contributed by atoms with van der Waals surface area (Å²) in [5.74, 6) is 1.22. The summed E-state index contributed by atoms with van der Waals surface area (Å²) in [6.45, 7) is 4.28. The van der Waals surface area contributed by atoms with E-state index in [-0.39, 0.29) is 24.8 Å². The van der Waals surface area contributed by atoms with E-state index >= 15 is 0 Å². The molecular weight excluding hydrogens is 285 g/mol. The van der Waals surface area contributed by atoms with Crippen LogP contribution in [0.3, 0.4) is 0 Å². The molecule has 2 N–H and O–H groups in total. The lowest BCUT2D eigenvalue weighted by Crippen LogP contribution is -2.07. The predicted octanol–water partition coefficient (Wildman–Crippen LogP) is 3.19. The van der Waals surface area contributed by atoms with E-state index < -0.39 is 0 Å². The maximum atomic E-state index is 5.73. The molecule has 4 nitrogen and oxygen atoms in total. The Morgan fingerprint density at radius 2 is 1.68 bits per heavy atom. The summed E-state index contributed by atoms with van der Waals surface area (Å²) in [6.07, 6.45) is 0. The fourth-order valence-corrected chi connectivity index (χ4v) is 1.56. The van der Waals surface area contributed by atoms with Crippen LogP contribution in [0.2, 0.25) is 0 Å². The van der Waals surface area contributed by atoms with Crippen molar-refractivity contribution < 1.29 is 4.74 Å². The van der Waals surface area contributed by atoms with E-state index in [4.69, 9.17) is 10.5 Å². The molecule has 0 saturated carbocycles. The molecule has 0 saturated heterocycles. The number of benzene rings is 1. The molecular formula is C13H17Cl2N3O. The molecule has 104 valence electrons. The van der Waals surface area contributed by atoms with Gasteiger partial charge in [0.1, 0.15) is 5.75 Å². The molecule has 0 aliphatic heterocycles. The topological polar surface area (TPSA) is 61.0 Å². The van der Waals surface area contributed by atoms with Gasteiger partial charge < -0.3 is 10.5 Å². The Morgan fingerprint density at radius 3 is 2.26 bits per heavy atom. The van der Waals surface area contributed by atoms with Gasteiger partial charge in [-0.2, -0.15) is 5.10 Å². The van der Waals surface area contributed by atoms with Crippen LogP contribution < -0.4 is 10.5 Å². The molecule has 2 rings (SSSR count). The molecule has 0 aliphatic rings. The second-order valence-electron chi connectivity index (χ2n) is 3.81. The molecule has 0 spiro atoms. The molecule has 0 fully saturated rings. The van der Waals surface area contributed by atoms with Crippen molar-refractivity contribution in [3.63, 3.8) is 0 Å². The first-order valence-electron chi connectivity index (χ1n) is 5.48. The molecule has 6 heteroatoms. The summed E-state index contributed by atoms with van der Waals surface area (Å²) in [4.78, 5) is 0. The number of hydrogen-bond acceptors (Lipinski definition) is 4. The third-order valence-electron chi connectivity index (χ3n) is 2.71. The molecule has 0 aliphatic carbocycles. The molecule has 0 amide bonds. The number of aryl methyl sites for hydroxylation is 1. The molecule has 1 heterocycles. The molecule has 0 bridgehead atoms. The minimum Gasteiger partial charge on any atom is -0.437 e. The summed E-state index contributed by atoms with van der Waals surface area (Å²) in [5, 5.41) is 8.11. The number of rotatable bonds is 3. The van der Waals surface area contributed by atoms with E-state index in [0.717, 1.165) is 22.6 Å². The SMILES string of the molecule is Cc1nnc(Oc2ccccc2)c(CN)c1C.Cl.Cl. The number of para-hydroxylation sites is 1. The normalized spacial score (nSPS) is 9.21. The van der Waals surface area contributed by atoms with Crippen LogP contribution >= 0.6 is 24.8 Å². The summed E-state index contributed by atoms with van der Waals surface area (Å²) >= 11 is 0. The smallest absolute Gasteiger partial charge is 0.243 e. The first kappa shape index (κ1) is 17.6. The zero-order valence-corrected chi connectivity index (χ0v) is 12.4. The van der Waals surface area contributed by atoms with Crippen LogP contribution in [0.4, 0.5) is 0 Å². The molecule has 0 unspecified atom stereocenters. The van der Waals surface area contributed by atoms with Crippen molar-refractivity contribution in [2.75, 3.05) is 0 Å². The Morgan fingerprint density at radius 1 is 1.05 bits per heavy atom. The summed E-state index contributed by atoms with van der Waals surface area (Å²) in [6, 6.07) is 9.50. The second-order valence-corrected chi connectivity index (χ2v) is 3.81. The molecule has 2 aromatic rings. The lowest BCUT2D eigenvalue weighted by molar-refractivity contribution is 0.446. The summed E-state index contributed by atoms with van der Waals surface area (Å²) in [5.41, 5.74) is 8.55. The highest BCUT2D eigenvalue weighted by Crippen LogP contribution is 2.25. The predicted molar refractivity (Wildman–Crippen MR) is 80.4 cm³/mol. The van der Waals surface area contributed by atoms with Gasteiger partial charge in [0.25, 0.3) is 0 Å². The van der Waals surface area contributed by atoms with Gasteiger partial charge in [-0.15, -0.1) is 29.9 Å². The minimum absolute atomic E-state index is 0. The molecule has 1 aromatic carbocycles. The molecule has 0 atom stereocenters. The van der Waals surface area contributed by atoms with Crippen molar-refractivity contribution in [2.45, 2.75) is 20.4 Å². The van der Waals surface area contributed by atoms with E-state index in [1.807, 2.05) is 44.2 Å². The number of hydrogen-bond donors (Lipinski definition) is 1. The first-order valence-corrected chi connectivity index (χ1v) is 5.48. The largest absolute Gasteiger partial charge is 0.437 e. The van der Waals surface area contributed by atoms with Gasteiger partial charge in [0.2, 0.25) is 5.88 Å².